The van der Waals surface area contributed by atoms with Gasteiger partial charge in [-0.25, -0.2) is 0 Å². The molecular formula is C14H14F3NOS. The Bertz CT molecular complexity index is 540. The molecule has 1 N–H and O–H groups in total. The minimum absolute atomic E-state index is 0.158. The van der Waals surface area contributed by atoms with Crippen molar-refractivity contribution < 1.29 is 17.9 Å². The third-order valence-corrected chi connectivity index (χ3v) is 3.62. The van der Waals surface area contributed by atoms with Gasteiger partial charge in [0.2, 0.25) is 0 Å². The highest BCUT2D eigenvalue weighted by Gasteiger charge is 2.32. The van der Waals surface area contributed by atoms with E-state index in [1.54, 1.807) is 30.5 Å². The van der Waals surface area contributed by atoms with Crippen LogP contribution in [0.25, 0.3) is 0 Å². The van der Waals surface area contributed by atoms with Gasteiger partial charge in [0.25, 0.3) is 0 Å². The van der Waals surface area contributed by atoms with Gasteiger partial charge in [-0.3, -0.25) is 0 Å². The van der Waals surface area contributed by atoms with E-state index < -0.39 is 6.36 Å². The molecule has 0 fully saturated rings. The lowest BCUT2D eigenvalue weighted by atomic mass is 10.00. The molecule has 2 rings (SSSR count). The monoisotopic (exact) mass is 301 g/mol. The Hall–Kier alpha value is -1.53. The van der Waals surface area contributed by atoms with E-state index in [-0.39, 0.29) is 11.8 Å². The van der Waals surface area contributed by atoms with Crippen molar-refractivity contribution in [1.82, 2.24) is 5.32 Å². The standard InChI is InChI=1S/C14H14F3NOS/c1-18-12(8-10-6-7-20-9-10)11-4-2-3-5-13(11)19-14(15,16)17/h2-7,9,12,18H,8H2,1H3. The Morgan fingerprint density at radius 2 is 2.00 bits per heavy atom. The Morgan fingerprint density at radius 3 is 2.60 bits per heavy atom. The third-order valence-electron chi connectivity index (χ3n) is 2.89. The zero-order valence-corrected chi connectivity index (χ0v) is 11.6. The number of hydrogen-bond acceptors (Lipinski definition) is 3. The lowest BCUT2D eigenvalue weighted by molar-refractivity contribution is -0.275. The van der Waals surface area contributed by atoms with Crippen LogP contribution in [0.5, 0.6) is 5.75 Å². The zero-order chi connectivity index (χ0) is 14.6. The van der Waals surface area contributed by atoms with Crippen molar-refractivity contribution in [2.45, 2.75) is 18.8 Å². The van der Waals surface area contributed by atoms with Crippen LogP contribution in [0.15, 0.2) is 41.1 Å². The molecule has 0 saturated carbocycles. The number of halogens is 3. The molecule has 1 aromatic carbocycles. The molecule has 2 nitrogen and oxygen atoms in total. The molecule has 1 atom stereocenters. The van der Waals surface area contributed by atoms with Gasteiger partial charge in [-0.05, 0) is 41.9 Å². The normalized spacial score (nSPS) is 13.2. The molecule has 0 bridgehead atoms. The lowest BCUT2D eigenvalue weighted by Gasteiger charge is -2.20. The number of alkyl halides is 3. The van der Waals surface area contributed by atoms with Crippen molar-refractivity contribution in [1.29, 1.82) is 0 Å². The van der Waals surface area contributed by atoms with Gasteiger partial charge >= 0.3 is 6.36 Å². The fourth-order valence-corrected chi connectivity index (χ4v) is 2.68. The van der Waals surface area contributed by atoms with E-state index in [1.807, 2.05) is 16.8 Å². The number of likely N-dealkylation sites (N-methyl/N-ethyl adjacent to an activating group) is 1. The molecule has 6 heteroatoms. The summed E-state index contributed by atoms with van der Waals surface area (Å²) in [5, 5.41) is 6.97. The number of rotatable bonds is 5. The van der Waals surface area contributed by atoms with E-state index in [0.29, 0.717) is 12.0 Å². The fourth-order valence-electron chi connectivity index (χ4n) is 2.00. The van der Waals surface area contributed by atoms with Crippen LogP contribution in [0.3, 0.4) is 0 Å². The maximum atomic E-state index is 12.4. The smallest absolute Gasteiger partial charge is 0.405 e. The SMILES string of the molecule is CNC(Cc1ccsc1)c1ccccc1OC(F)(F)F. The maximum Gasteiger partial charge on any atom is 0.573 e. The first-order valence-electron chi connectivity index (χ1n) is 6.02. The summed E-state index contributed by atoms with van der Waals surface area (Å²) in [6, 6.07) is 7.94. The van der Waals surface area contributed by atoms with Crippen molar-refractivity contribution in [2.75, 3.05) is 7.05 Å². The van der Waals surface area contributed by atoms with Gasteiger partial charge < -0.3 is 10.1 Å². The first-order valence-corrected chi connectivity index (χ1v) is 6.97. The predicted molar refractivity (Wildman–Crippen MR) is 72.9 cm³/mol. The van der Waals surface area contributed by atoms with Crippen LogP contribution in [-0.2, 0) is 6.42 Å². The van der Waals surface area contributed by atoms with Crippen LogP contribution >= 0.6 is 11.3 Å². The van der Waals surface area contributed by atoms with Crippen LogP contribution in [0.1, 0.15) is 17.2 Å². The molecule has 0 saturated heterocycles. The topological polar surface area (TPSA) is 21.3 Å². The first kappa shape index (κ1) is 14.9. The summed E-state index contributed by atoms with van der Waals surface area (Å²) in [7, 11) is 1.72. The Morgan fingerprint density at radius 1 is 1.25 bits per heavy atom. The van der Waals surface area contributed by atoms with Gasteiger partial charge in [-0.15, -0.1) is 13.2 Å². The van der Waals surface area contributed by atoms with E-state index in [4.69, 9.17) is 0 Å². The Kier molecular flexibility index (Phi) is 4.67. The molecule has 0 amide bonds. The lowest BCUT2D eigenvalue weighted by Crippen LogP contribution is -2.23. The summed E-state index contributed by atoms with van der Waals surface area (Å²) >= 11 is 1.56. The maximum absolute atomic E-state index is 12.4. The number of para-hydroxylation sites is 1. The minimum Gasteiger partial charge on any atom is -0.405 e. The Labute approximate surface area is 119 Å². The van der Waals surface area contributed by atoms with Crippen molar-refractivity contribution in [2.24, 2.45) is 0 Å². The second kappa shape index (κ2) is 6.28. The van der Waals surface area contributed by atoms with Crippen LogP contribution in [0, 0.1) is 0 Å². The van der Waals surface area contributed by atoms with Gasteiger partial charge in [0.05, 0.1) is 0 Å². The average Bonchev–Trinajstić information content (AvgIpc) is 2.88. The van der Waals surface area contributed by atoms with Crippen LogP contribution in [0.4, 0.5) is 13.2 Å². The number of ether oxygens (including phenoxy) is 1. The minimum atomic E-state index is -4.68. The summed E-state index contributed by atoms with van der Waals surface area (Å²) in [4.78, 5) is 0. The van der Waals surface area contributed by atoms with Crippen LogP contribution < -0.4 is 10.1 Å². The predicted octanol–water partition coefficient (Wildman–Crippen LogP) is 4.15. The fraction of sp³-hybridized carbons (Fsp3) is 0.286. The molecule has 0 spiro atoms. The summed E-state index contributed by atoms with van der Waals surface area (Å²) < 4.78 is 41.4. The zero-order valence-electron chi connectivity index (χ0n) is 10.8. The average molecular weight is 301 g/mol. The van der Waals surface area contributed by atoms with Gasteiger partial charge in [-0.1, -0.05) is 18.2 Å². The molecule has 0 radical (unpaired) electrons. The molecule has 0 aliphatic carbocycles. The molecule has 20 heavy (non-hydrogen) atoms. The second-order valence-corrected chi connectivity index (χ2v) is 5.04. The summed E-state index contributed by atoms with van der Waals surface area (Å²) in [6.45, 7) is 0. The highest BCUT2D eigenvalue weighted by atomic mass is 32.1. The summed E-state index contributed by atoms with van der Waals surface area (Å²) in [5.41, 5.74) is 1.58. The van der Waals surface area contributed by atoms with Gasteiger partial charge in [0.1, 0.15) is 5.75 Å². The molecule has 1 heterocycles. The molecule has 1 unspecified atom stereocenters. The van der Waals surface area contributed by atoms with Gasteiger partial charge in [0, 0.05) is 11.6 Å². The summed E-state index contributed by atoms with van der Waals surface area (Å²) in [5.74, 6) is -0.158. The number of benzene rings is 1. The molecule has 1 aromatic heterocycles. The highest BCUT2D eigenvalue weighted by molar-refractivity contribution is 7.07. The number of hydrogen-bond donors (Lipinski definition) is 1. The van der Waals surface area contributed by atoms with E-state index >= 15 is 0 Å². The Balaban J connectivity index is 2.25. The van der Waals surface area contributed by atoms with Crippen LogP contribution in [-0.4, -0.2) is 13.4 Å². The van der Waals surface area contributed by atoms with E-state index in [2.05, 4.69) is 10.1 Å². The van der Waals surface area contributed by atoms with Gasteiger partial charge in [0.15, 0.2) is 0 Å². The molecule has 0 aliphatic heterocycles. The second-order valence-electron chi connectivity index (χ2n) is 4.26. The first-order chi connectivity index (χ1) is 9.49. The number of nitrogens with one attached hydrogen (secondary N) is 1. The van der Waals surface area contributed by atoms with E-state index in [0.717, 1.165) is 5.56 Å². The quantitative estimate of drug-likeness (QED) is 0.896. The molecule has 2 aromatic rings. The molecule has 0 aliphatic rings. The largest absolute Gasteiger partial charge is 0.573 e. The summed E-state index contributed by atoms with van der Waals surface area (Å²) in [6.07, 6.45) is -4.07. The van der Waals surface area contributed by atoms with Crippen molar-refractivity contribution in [3.8, 4) is 5.75 Å². The van der Waals surface area contributed by atoms with E-state index in [1.165, 1.54) is 12.1 Å². The highest BCUT2D eigenvalue weighted by Crippen LogP contribution is 2.31. The van der Waals surface area contributed by atoms with Gasteiger partial charge in [-0.2, -0.15) is 11.3 Å². The molecule has 108 valence electrons. The van der Waals surface area contributed by atoms with Crippen molar-refractivity contribution in [3.05, 3.63) is 52.2 Å². The van der Waals surface area contributed by atoms with Crippen molar-refractivity contribution >= 4 is 11.3 Å². The molecular weight excluding hydrogens is 287 g/mol. The van der Waals surface area contributed by atoms with E-state index in [9.17, 15) is 13.2 Å². The van der Waals surface area contributed by atoms with Crippen LogP contribution in [0.2, 0.25) is 0 Å². The number of thiophene rings is 1. The van der Waals surface area contributed by atoms with Crippen molar-refractivity contribution in [3.63, 3.8) is 0 Å². The third kappa shape index (κ3) is 3.98.